The second kappa shape index (κ2) is 7.90. The average Bonchev–Trinajstić information content (AvgIpc) is 3.16. The quantitative estimate of drug-likeness (QED) is 0.667. The predicted octanol–water partition coefficient (Wildman–Crippen LogP) is -0.102. The summed E-state index contributed by atoms with van der Waals surface area (Å²) in [6.07, 6.45) is 4.11. The number of amides is 3. The molecule has 0 spiro atoms. The smallest absolute Gasteiger partial charge is 0.272 e. The van der Waals surface area contributed by atoms with Crippen LogP contribution in [0.2, 0.25) is 0 Å². The van der Waals surface area contributed by atoms with E-state index in [1.165, 1.54) is 17.2 Å². The molecule has 0 radical (unpaired) electrons. The third-order valence-electron chi connectivity index (χ3n) is 6.00. The number of likely N-dealkylation sites (tertiary alicyclic amines) is 1. The van der Waals surface area contributed by atoms with Gasteiger partial charge in [-0.3, -0.25) is 19.1 Å². The van der Waals surface area contributed by atoms with Crippen LogP contribution < -0.4 is 10.6 Å². The molecule has 9 nitrogen and oxygen atoms in total. The van der Waals surface area contributed by atoms with Gasteiger partial charge in [-0.25, -0.2) is 0 Å². The van der Waals surface area contributed by atoms with Crippen LogP contribution in [0, 0.1) is 5.92 Å². The van der Waals surface area contributed by atoms with Crippen LogP contribution in [0.1, 0.15) is 59.5 Å². The molecule has 0 unspecified atom stereocenters. The molecule has 1 aromatic heterocycles. The second-order valence-electron chi connectivity index (χ2n) is 7.94. The number of aliphatic hydroxyl groups is 1. The van der Waals surface area contributed by atoms with Crippen LogP contribution >= 0.6 is 0 Å². The van der Waals surface area contributed by atoms with Gasteiger partial charge in [-0.2, -0.15) is 5.10 Å². The summed E-state index contributed by atoms with van der Waals surface area (Å²) < 4.78 is 1.52. The Bertz CT molecular complexity index is 770. The normalized spacial score (nSPS) is 27.7. The van der Waals surface area contributed by atoms with Crippen LogP contribution in [-0.4, -0.2) is 69.3 Å². The topological polar surface area (TPSA) is 117 Å². The number of piperidine rings is 1. The van der Waals surface area contributed by atoms with Gasteiger partial charge in [0, 0.05) is 31.6 Å². The molecule has 3 aliphatic rings. The third kappa shape index (κ3) is 3.76. The van der Waals surface area contributed by atoms with Crippen molar-refractivity contribution in [3.8, 4) is 0 Å². The van der Waals surface area contributed by atoms with Crippen LogP contribution in [-0.2, 0) is 11.3 Å². The molecule has 4 rings (SSSR count). The van der Waals surface area contributed by atoms with Crippen LogP contribution in [0.25, 0.3) is 0 Å². The summed E-state index contributed by atoms with van der Waals surface area (Å²) in [5, 5.41) is 20.1. The molecule has 152 valence electrons. The molecule has 3 atom stereocenters. The highest BCUT2D eigenvalue weighted by Crippen LogP contribution is 2.28. The van der Waals surface area contributed by atoms with Crippen LogP contribution in [0.3, 0.4) is 0 Å². The molecule has 0 bridgehead atoms. The number of nitrogens with zero attached hydrogens (tertiary/aromatic N) is 3. The lowest BCUT2D eigenvalue weighted by atomic mass is 9.82. The van der Waals surface area contributed by atoms with Gasteiger partial charge in [0.05, 0.1) is 18.7 Å². The van der Waals surface area contributed by atoms with Gasteiger partial charge in [0.15, 0.2) is 5.69 Å². The molecule has 1 saturated carbocycles. The molecule has 0 aromatic carbocycles. The molecule has 2 aliphatic heterocycles. The maximum absolute atomic E-state index is 12.8. The minimum atomic E-state index is -0.685. The van der Waals surface area contributed by atoms with Crippen LogP contribution in [0.15, 0.2) is 6.07 Å². The number of nitrogens with one attached hydrogen (secondary N) is 2. The molecule has 3 amide bonds. The SMILES string of the molecule is O=C(N[C@@H]1C[C@@H](C(=O)N2CCCCC2)CC[C@H]1O)c1cc2n(n1)CCNC2=O. The first-order chi connectivity index (χ1) is 13.5. The lowest BCUT2D eigenvalue weighted by Gasteiger charge is -2.36. The van der Waals surface area contributed by atoms with E-state index < -0.39 is 18.1 Å². The first-order valence-electron chi connectivity index (χ1n) is 10.2. The Morgan fingerprint density at radius 1 is 1.18 bits per heavy atom. The fraction of sp³-hybridized carbons (Fsp3) is 0.684. The molecule has 1 saturated heterocycles. The first-order valence-corrected chi connectivity index (χ1v) is 10.2. The lowest BCUT2D eigenvalue weighted by Crippen LogP contribution is -2.50. The van der Waals surface area contributed by atoms with Gasteiger partial charge < -0.3 is 20.6 Å². The number of rotatable bonds is 3. The van der Waals surface area contributed by atoms with Crippen LogP contribution in [0.4, 0.5) is 0 Å². The van der Waals surface area contributed by atoms with Gasteiger partial charge in [-0.05, 0) is 38.5 Å². The van der Waals surface area contributed by atoms with E-state index in [0.29, 0.717) is 38.0 Å². The zero-order valence-electron chi connectivity index (χ0n) is 15.9. The molecule has 1 aromatic rings. The van der Waals surface area contributed by atoms with Crippen molar-refractivity contribution in [3.05, 3.63) is 17.5 Å². The Morgan fingerprint density at radius 3 is 2.71 bits per heavy atom. The number of fused-ring (bicyclic) bond motifs is 1. The Kier molecular flexibility index (Phi) is 5.34. The van der Waals surface area contributed by atoms with Crippen molar-refractivity contribution >= 4 is 17.7 Å². The van der Waals surface area contributed by atoms with E-state index in [4.69, 9.17) is 0 Å². The summed E-state index contributed by atoms with van der Waals surface area (Å²) in [5.74, 6) is -0.708. The van der Waals surface area contributed by atoms with Crippen molar-refractivity contribution in [2.45, 2.75) is 57.2 Å². The van der Waals surface area contributed by atoms with E-state index in [1.807, 2.05) is 4.90 Å². The second-order valence-corrected chi connectivity index (χ2v) is 7.94. The summed E-state index contributed by atoms with van der Waals surface area (Å²) >= 11 is 0. The van der Waals surface area contributed by atoms with Gasteiger partial charge in [0.1, 0.15) is 5.69 Å². The van der Waals surface area contributed by atoms with Crippen molar-refractivity contribution in [2.24, 2.45) is 5.92 Å². The molecule has 3 heterocycles. The Morgan fingerprint density at radius 2 is 1.96 bits per heavy atom. The number of aliphatic hydroxyl groups excluding tert-OH is 1. The zero-order valence-corrected chi connectivity index (χ0v) is 15.9. The molecule has 9 heteroatoms. The summed E-state index contributed by atoms with van der Waals surface area (Å²) in [6.45, 7) is 2.61. The number of carbonyl (C=O) groups excluding carboxylic acids is 3. The Labute approximate surface area is 163 Å². The monoisotopic (exact) mass is 389 g/mol. The third-order valence-corrected chi connectivity index (χ3v) is 6.00. The van der Waals surface area contributed by atoms with E-state index >= 15 is 0 Å². The van der Waals surface area contributed by atoms with Crippen molar-refractivity contribution < 1.29 is 19.5 Å². The standard InChI is InChI=1S/C19H27N5O4/c25-16-5-4-12(19(28)23-7-2-1-3-8-23)10-13(16)21-17(26)14-11-15-18(27)20-6-9-24(15)22-14/h11-13,16,25H,1-10H2,(H,20,27)(H,21,26)/t12-,13+,16+/m0/s1. The minimum absolute atomic E-state index is 0.139. The fourth-order valence-corrected chi connectivity index (χ4v) is 4.40. The predicted molar refractivity (Wildman–Crippen MR) is 99.6 cm³/mol. The van der Waals surface area contributed by atoms with Gasteiger partial charge in [0.25, 0.3) is 11.8 Å². The summed E-state index contributed by atoms with van der Waals surface area (Å²) in [7, 11) is 0. The van der Waals surface area contributed by atoms with Crippen molar-refractivity contribution in [2.75, 3.05) is 19.6 Å². The summed E-state index contributed by atoms with van der Waals surface area (Å²) in [6, 6.07) is 0.975. The summed E-state index contributed by atoms with van der Waals surface area (Å²) in [5.41, 5.74) is 0.516. The van der Waals surface area contributed by atoms with Crippen molar-refractivity contribution in [1.82, 2.24) is 25.3 Å². The highest BCUT2D eigenvalue weighted by atomic mass is 16.3. The van der Waals surface area contributed by atoms with Gasteiger partial charge in [-0.15, -0.1) is 0 Å². The largest absolute Gasteiger partial charge is 0.391 e. The number of hydrogen-bond donors (Lipinski definition) is 3. The molecular weight excluding hydrogens is 362 g/mol. The number of hydrogen-bond acceptors (Lipinski definition) is 5. The van der Waals surface area contributed by atoms with E-state index in [1.54, 1.807) is 0 Å². The Hall–Kier alpha value is -2.42. The van der Waals surface area contributed by atoms with Crippen molar-refractivity contribution in [1.29, 1.82) is 0 Å². The van der Waals surface area contributed by atoms with E-state index in [2.05, 4.69) is 15.7 Å². The molecular formula is C19H27N5O4. The average molecular weight is 389 g/mol. The maximum atomic E-state index is 12.8. The van der Waals surface area contributed by atoms with Crippen molar-refractivity contribution in [3.63, 3.8) is 0 Å². The highest BCUT2D eigenvalue weighted by Gasteiger charge is 2.36. The number of carbonyl (C=O) groups is 3. The summed E-state index contributed by atoms with van der Waals surface area (Å²) in [4.78, 5) is 39.2. The molecule has 1 aliphatic carbocycles. The van der Waals surface area contributed by atoms with Crippen LogP contribution in [0.5, 0.6) is 0 Å². The van der Waals surface area contributed by atoms with E-state index in [9.17, 15) is 19.5 Å². The molecule has 28 heavy (non-hydrogen) atoms. The van der Waals surface area contributed by atoms with Gasteiger partial charge in [0.2, 0.25) is 5.91 Å². The van der Waals surface area contributed by atoms with Gasteiger partial charge >= 0.3 is 0 Å². The van der Waals surface area contributed by atoms with Gasteiger partial charge in [-0.1, -0.05) is 0 Å². The number of aromatic nitrogens is 2. The Balaban J connectivity index is 1.41. The molecule has 3 N–H and O–H groups in total. The first kappa shape index (κ1) is 18.9. The highest BCUT2D eigenvalue weighted by molar-refractivity contribution is 5.98. The zero-order chi connectivity index (χ0) is 19.7. The maximum Gasteiger partial charge on any atom is 0.272 e. The van der Waals surface area contributed by atoms with E-state index in [0.717, 1.165) is 25.9 Å². The molecule has 2 fully saturated rings. The minimum Gasteiger partial charge on any atom is -0.391 e. The lowest BCUT2D eigenvalue weighted by molar-refractivity contribution is -0.138. The fourth-order valence-electron chi connectivity index (χ4n) is 4.40. The van der Waals surface area contributed by atoms with E-state index in [-0.39, 0.29) is 23.4 Å².